The standard InChI is InChI=1S/C17H18F6N2O4/c1-3-29-15(28)8(2)4-12(13(24)26)25-14(27)9-5-10(16(18,19)20)7-11(6-9)17(21,22)23/h5-8,12H,3-4H2,1-2H3,(H2,24,26)(H,25,27)/t8-,12-/m0/s1. The summed E-state index contributed by atoms with van der Waals surface area (Å²) in [5.74, 6) is -4.15. The van der Waals surface area contributed by atoms with E-state index in [0.29, 0.717) is 0 Å². The second kappa shape index (κ2) is 9.14. The van der Waals surface area contributed by atoms with E-state index in [-0.39, 0.29) is 31.2 Å². The van der Waals surface area contributed by atoms with Gasteiger partial charge in [0.05, 0.1) is 23.7 Å². The molecule has 0 fully saturated rings. The molecule has 0 aliphatic carbocycles. The highest BCUT2D eigenvalue weighted by molar-refractivity contribution is 5.97. The molecule has 2 atom stereocenters. The van der Waals surface area contributed by atoms with Crippen molar-refractivity contribution in [3.05, 3.63) is 34.9 Å². The SMILES string of the molecule is CCOC(=O)[C@@H](C)C[C@H](NC(=O)c1cc(C(F)(F)F)cc(C(F)(F)F)c1)C(N)=O. The van der Waals surface area contributed by atoms with Gasteiger partial charge in [0.25, 0.3) is 5.91 Å². The summed E-state index contributed by atoms with van der Waals surface area (Å²) in [7, 11) is 0. The largest absolute Gasteiger partial charge is 0.466 e. The number of carbonyl (C=O) groups is 3. The smallest absolute Gasteiger partial charge is 0.416 e. The Morgan fingerprint density at radius 1 is 1.03 bits per heavy atom. The summed E-state index contributed by atoms with van der Waals surface area (Å²) in [6, 6.07) is -1.22. The van der Waals surface area contributed by atoms with Crippen molar-refractivity contribution in [1.29, 1.82) is 0 Å². The van der Waals surface area contributed by atoms with Crippen molar-refractivity contribution in [3.63, 3.8) is 0 Å². The average molecular weight is 428 g/mol. The maximum atomic E-state index is 12.9. The second-order valence-corrected chi connectivity index (χ2v) is 6.11. The Kier molecular flexibility index (Phi) is 7.64. The molecule has 0 aliphatic rings. The number of hydrogen-bond acceptors (Lipinski definition) is 4. The van der Waals surface area contributed by atoms with Crippen LogP contribution in [0.4, 0.5) is 26.3 Å². The number of benzene rings is 1. The first-order chi connectivity index (χ1) is 13.2. The summed E-state index contributed by atoms with van der Waals surface area (Å²) in [6.45, 7) is 2.93. The van der Waals surface area contributed by atoms with Crippen LogP contribution in [-0.2, 0) is 26.7 Å². The third-order valence-corrected chi connectivity index (χ3v) is 3.78. The molecule has 29 heavy (non-hydrogen) atoms. The molecule has 0 saturated carbocycles. The van der Waals surface area contributed by atoms with Crippen LogP contribution in [0, 0.1) is 5.92 Å². The van der Waals surface area contributed by atoms with Gasteiger partial charge in [-0.3, -0.25) is 14.4 Å². The summed E-state index contributed by atoms with van der Waals surface area (Å²) in [5.41, 5.74) is 0.774. The fourth-order valence-corrected chi connectivity index (χ4v) is 2.31. The minimum Gasteiger partial charge on any atom is -0.466 e. The molecule has 0 unspecified atom stereocenters. The monoisotopic (exact) mass is 428 g/mol. The zero-order valence-corrected chi connectivity index (χ0v) is 15.3. The van der Waals surface area contributed by atoms with Crippen LogP contribution < -0.4 is 11.1 Å². The quantitative estimate of drug-likeness (QED) is 0.516. The van der Waals surface area contributed by atoms with Crippen molar-refractivity contribution in [2.75, 3.05) is 6.61 Å². The number of halogens is 6. The van der Waals surface area contributed by atoms with E-state index in [1.54, 1.807) is 0 Å². The van der Waals surface area contributed by atoms with Gasteiger partial charge in [0, 0.05) is 5.56 Å². The third-order valence-electron chi connectivity index (χ3n) is 3.78. The fraction of sp³-hybridized carbons (Fsp3) is 0.471. The summed E-state index contributed by atoms with van der Waals surface area (Å²) < 4.78 is 82.1. The van der Waals surface area contributed by atoms with Gasteiger partial charge in [-0.05, 0) is 31.5 Å². The molecule has 0 aromatic heterocycles. The predicted octanol–water partition coefficient (Wildman–Crippen LogP) is 2.90. The lowest BCUT2D eigenvalue weighted by molar-refractivity contribution is -0.148. The third kappa shape index (κ3) is 6.95. The van der Waals surface area contributed by atoms with Gasteiger partial charge in [-0.15, -0.1) is 0 Å². The average Bonchev–Trinajstić information content (AvgIpc) is 2.59. The van der Waals surface area contributed by atoms with Gasteiger partial charge in [-0.25, -0.2) is 0 Å². The summed E-state index contributed by atoms with van der Waals surface area (Å²) in [6.07, 6.45) is -10.6. The Morgan fingerprint density at radius 2 is 1.52 bits per heavy atom. The number of nitrogens with two attached hydrogens (primary N) is 1. The van der Waals surface area contributed by atoms with Gasteiger partial charge in [-0.1, -0.05) is 6.92 Å². The maximum Gasteiger partial charge on any atom is 0.416 e. The number of hydrogen-bond donors (Lipinski definition) is 2. The van der Waals surface area contributed by atoms with Gasteiger partial charge in [0.1, 0.15) is 6.04 Å². The summed E-state index contributed by atoms with van der Waals surface area (Å²) in [4.78, 5) is 35.4. The van der Waals surface area contributed by atoms with E-state index >= 15 is 0 Å². The van der Waals surface area contributed by atoms with Gasteiger partial charge in [0.2, 0.25) is 5.91 Å². The number of rotatable bonds is 7. The Hall–Kier alpha value is -2.79. The minimum atomic E-state index is -5.14. The van der Waals surface area contributed by atoms with Crippen molar-refractivity contribution < 1.29 is 45.5 Å². The fourth-order valence-electron chi connectivity index (χ4n) is 2.31. The predicted molar refractivity (Wildman–Crippen MR) is 87.3 cm³/mol. The number of carbonyl (C=O) groups excluding carboxylic acids is 3. The normalized spacial score (nSPS) is 14.1. The molecule has 1 rings (SSSR count). The van der Waals surface area contributed by atoms with Crippen LogP contribution >= 0.6 is 0 Å². The first-order valence-corrected chi connectivity index (χ1v) is 8.23. The van der Waals surface area contributed by atoms with Crippen LogP contribution in [0.5, 0.6) is 0 Å². The first kappa shape index (κ1) is 24.2. The van der Waals surface area contributed by atoms with Gasteiger partial charge < -0.3 is 15.8 Å². The molecule has 0 saturated heterocycles. The van der Waals surface area contributed by atoms with Crippen molar-refractivity contribution >= 4 is 17.8 Å². The molecule has 2 amide bonds. The van der Waals surface area contributed by atoms with Crippen LogP contribution in [0.2, 0.25) is 0 Å². The molecular weight excluding hydrogens is 410 g/mol. The van der Waals surface area contributed by atoms with Gasteiger partial charge >= 0.3 is 18.3 Å². The van der Waals surface area contributed by atoms with E-state index in [1.165, 1.54) is 13.8 Å². The molecule has 0 radical (unpaired) electrons. The van der Waals surface area contributed by atoms with Crippen molar-refractivity contribution in [3.8, 4) is 0 Å². The highest BCUT2D eigenvalue weighted by Crippen LogP contribution is 2.36. The van der Waals surface area contributed by atoms with Crippen molar-refractivity contribution in [2.45, 2.75) is 38.7 Å². The molecular formula is C17H18F6N2O4. The van der Waals surface area contributed by atoms with E-state index in [4.69, 9.17) is 10.5 Å². The molecule has 162 valence electrons. The Morgan fingerprint density at radius 3 is 1.90 bits per heavy atom. The number of primary amides is 1. The van der Waals surface area contributed by atoms with Crippen LogP contribution in [-0.4, -0.2) is 30.4 Å². The second-order valence-electron chi connectivity index (χ2n) is 6.11. The Balaban J connectivity index is 3.17. The lowest BCUT2D eigenvalue weighted by Gasteiger charge is -2.20. The molecule has 1 aromatic carbocycles. The Bertz CT molecular complexity index is 744. The van der Waals surface area contributed by atoms with E-state index in [9.17, 15) is 40.7 Å². The Labute approximate surface area is 161 Å². The maximum absolute atomic E-state index is 12.9. The molecule has 0 bridgehead atoms. The van der Waals surface area contributed by atoms with Crippen LogP contribution in [0.1, 0.15) is 41.8 Å². The molecule has 0 heterocycles. The molecule has 1 aromatic rings. The van der Waals surface area contributed by atoms with Crippen molar-refractivity contribution in [2.24, 2.45) is 11.7 Å². The molecule has 12 heteroatoms. The van der Waals surface area contributed by atoms with Crippen molar-refractivity contribution in [1.82, 2.24) is 5.32 Å². The summed E-state index contributed by atoms with van der Waals surface area (Å²) in [5, 5.41) is 1.96. The zero-order chi connectivity index (χ0) is 22.6. The molecule has 0 spiro atoms. The van der Waals surface area contributed by atoms with E-state index < -0.39 is 58.8 Å². The molecule has 3 N–H and O–H groups in total. The number of alkyl halides is 6. The number of esters is 1. The zero-order valence-electron chi connectivity index (χ0n) is 15.3. The van der Waals surface area contributed by atoms with Gasteiger partial charge in [0.15, 0.2) is 0 Å². The van der Waals surface area contributed by atoms with Crippen LogP contribution in [0.25, 0.3) is 0 Å². The van der Waals surface area contributed by atoms with E-state index in [2.05, 4.69) is 0 Å². The topological polar surface area (TPSA) is 98.5 Å². The first-order valence-electron chi connectivity index (χ1n) is 8.23. The minimum absolute atomic E-state index is 0.0429. The van der Waals surface area contributed by atoms with E-state index in [1.807, 2.05) is 5.32 Å². The summed E-state index contributed by atoms with van der Waals surface area (Å²) >= 11 is 0. The highest BCUT2D eigenvalue weighted by Gasteiger charge is 2.38. The van der Waals surface area contributed by atoms with Gasteiger partial charge in [-0.2, -0.15) is 26.3 Å². The molecule has 6 nitrogen and oxygen atoms in total. The van der Waals surface area contributed by atoms with E-state index in [0.717, 1.165) is 0 Å². The van der Waals surface area contributed by atoms with Crippen LogP contribution in [0.15, 0.2) is 18.2 Å². The molecule has 0 aliphatic heterocycles. The number of ether oxygens (including phenoxy) is 1. The number of nitrogens with one attached hydrogen (secondary N) is 1. The highest BCUT2D eigenvalue weighted by atomic mass is 19.4. The van der Waals surface area contributed by atoms with Crippen LogP contribution in [0.3, 0.4) is 0 Å². The lowest BCUT2D eigenvalue weighted by Crippen LogP contribution is -2.46. The lowest BCUT2D eigenvalue weighted by atomic mass is 10.00. The number of amides is 2.